The fourth-order valence-corrected chi connectivity index (χ4v) is 4.10. The second-order valence-corrected chi connectivity index (χ2v) is 8.75. The van der Waals surface area contributed by atoms with E-state index in [2.05, 4.69) is 21.2 Å². The summed E-state index contributed by atoms with van der Waals surface area (Å²) in [5.41, 5.74) is 2.68. The van der Waals surface area contributed by atoms with Gasteiger partial charge in [0.25, 0.3) is 11.8 Å². The van der Waals surface area contributed by atoms with Crippen molar-refractivity contribution in [3.63, 3.8) is 0 Å². The minimum atomic E-state index is -0.818. The lowest BCUT2D eigenvalue weighted by atomic mass is 10.0. The zero-order valence-electron chi connectivity index (χ0n) is 16.4. The molecule has 32 heavy (non-hydrogen) atoms. The first-order valence-corrected chi connectivity index (χ1v) is 11.1. The first kappa shape index (κ1) is 22.3. The number of halogens is 3. The maximum Gasteiger partial charge on any atom is 0.335 e. The number of urea groups is 1. The third kappa shape index (κ3) is 4.63. The molecule has 0 saturated carbocycles. The molecule has 160 valence electrons. The molecule has 0 atom stereocenters. The Hall–Kier alpha value is -2.93. The smallest absolute Gasteiger partial charge is 0.273 e. The number of hydrogen-bond donors (Lipinski definition) is 1. The fourth-order valence-electron chi connectivity index (χ4n) is 3.29. The van der Waals surface area contributed by atoms with Gasteiger partial charge in [0, 0.05) is 20.9 Å². The Balaban J connectivity index is 1.63. The quantitative estimate of drug-likeness (QED) is 0.332. The first-order chi connectivity index (χ1) is 15.3. The van der Waals surface area contributed by atoms with Crippen LogP contribution in [0.25, 0.3) is 6.08 Å². The molecule has 0 spiro atoms. The van der Waals surface area contributed by atoms with Crippen molar-refractivity contribution in [2.24, 2.45) is 0 Å². The van der Waals surface area contributed by atoms with Gasteiger partial charge < -0.3 is 0 Å². The van der Waals surface area contributed by atoms with Gasteiger partial charge in [0.05, 0.1) is 5.69 Å². The highest BCUT2D eigenvalue weighted by Crippen LogP contribution is 2.27. The van der Waals surface area contributed by atoms with Gasteiger partial charge in [-0.25, -0.2) is 9.69 Å². The highest BCUT2D eigenvalue weighted by atomic mass is 79.9. The van der Waals surface area contributed by atoms with Crippen molar-refractivity contribution >= 4 is 68.7 Å². The standard InChI is InChI=1S/C24H15BrCl2N2O3/c25-20-4-2-1-3-15(20)13-16-6-5-14(12-21(16)27)11-19-22(30)28-24(32)29(23(19)31)18-9-7-17(26)8-10-18/h1-12H,13H2,(H,28,30,32)/b19-11+. The molecule has 5 nitrogen and oxygen atoms in total. The van der Waals surface area contributed by atoms with Gasteiger partial charge >= 0.3 is 6.03 Å². The summed E-state index contributed by atoms with van der Waals surface area (Å²) in [6.07, 6.45) is 2.04. The Morgan fingerprint density at radius 1 is 0.906 bits per heavy atom. The molecule has 0 unspecified atom stereocenters. The van der Waals surface area contributed by atoms with Crippen LogP contribution in [0.3, 0.4) is 0 Å². The van der Waals surface area contributed by atoms with Crippen LogP contribution >= 0.6 is 39.1 Å². The summed E-state index contributed by atoms with van der Waals surface area (Å²) in [6, 6.07) is 18.5. The van der Waals surface area contributed by atoms with E-state index in [1.807, 2.05) is 30.3 Å². The molecule has 4 rings (SSSR count). The van der Waals surface area contributed by atoms with Gasteiger partial charge in [-0.05, 0) is 59.2 Å². The number of benzene rings is 3. The Bertz CT molecular complexity index is 1270. The van der Waals surface area contributed by atoms with Crippen LogP contribution in [0.15, 0.2) is 76.8 Å². The molecule has 1 heterocycles. The summed E-state index contributed by atoms with van der Waals surface area (Å²) in [5, 5.41) is 3.16. The lowest BCUT2D eigenvalue weighted by Gasteiger charge is -2.26. The molecule has 3 aromatic rings. The SMILES string of the molecule is O=C1NC(=O)N(c2ccc(Cl)cc2)C(=O)/C1=C/c1ccc(Cc2ccccc2Br)c(Cl)c1. The van der Waals surface area contributed by atoms with E-state index >= 15 is 0 Å². The summed E-state index contributed by atoms with van der Waals surface area (Å²) in [4.78, 5) is 38.5. The second-order valence-electron chi connectivity index (χ2n) is 7.05. The number of anilines is 1. The van der Waals surface area contributed by atoms with Gasteiger partial charge in [-0.3, -0.25) is 14.9 Å². The summed E-state index contributed by atoms with van der Waals surface area (Å²) < 4.78 is 0.985. The van der Waals surface area contributed by atoms with Crippen molar-refractivity contribution in [1.29, 1.82) is 0 Å². The number of nitrogens with zero attached hydrogens (tertiary/aromatic N) is 1. The summed E-state index contributed by atoms with van der Waals surface area (Å²) in [5.74, 6) is -1.49. The van der Waals surface area contributed by atoms with E-state index in [-0.39, 0.29) is 5.57 Å². The van der Waals surface area contributed by atoms with Crippen LogP contribution < -0.4 is 10.2 Å². The van der Waals surface area contributed by atoms with Crippen molar-refractivity contribution in [2.75, 3.05) is 4.90 Å². The van der Waals surface area contributed by atoms with Gasteiger partial charge in [-0.15, -0.1) is 0 Å². The molecule has 8 heteroatoms. The molecule has 1 saturated heterocycles. The maximum atomic E-state index is 13.0. The zero-order chi connectivity index (χ0) is 22.8. The molecule has 0 radical (unpaired) electrons. The van der Waals surface area contributed by atoms with E-state index in [0.29, 0.717) is 27.7 Å². The zero-order valence-corrected chi connectivity index (χ0v) is 19.5. The first-order valence-electron chi connectivity index (χ1n) is 9.52. The second kappa shape index (κ2) is 9.28. The number of imide groups is 2. The summed E-state index contributed by atoms with van der Waals surface area (Å²) in [6.45, 7) is 0. The predicted molar refractivity (Wildman–Crippen MR) is 129 cm³/mol. The van der Waals surface area contributed by atoms with Crippen LogP contribution in [0.1, 0.15) is 16.7 Å². The van der Waals surface area contributed by atoms with E-state index in [9.17, 15) is 14.4 Å². The van der Waals surface area contributed by atoms with Crippen LogP contribution in [-0.4, -0.2) is 17.8 Å². The average Bonchev–Trinajstić information content (AvgIpc) is 2.75. The van der Waals surface area contributed by atoms with Crippen LogP contribution in [-0.2, 0) is 16.0 Å². The fraction of sp³-hybridized carbons (Fsp3) is 0.0417. The third-order valence-electron chi connectivity index (χ3n) is 4.91. The minimum absolute atomic E-state index is 0.172. The highest BCUT2D eigenvalue weighted by Gasteiger charge is 2.36. The molecule has 0 bridgehead atoms. The number of rotatable bonds is 4. The lowest BCUT2D eigenvalue weighted by molar-refractivity contribution is -0.122. The van der Waals surface area contributed by atoms with Crippen molar-refractivity contribution in [3.05, 3.63) is 104 Å². The Morgan fingerprint density at radius 3 is 2.31 bits per heavy atom. The normalized spacial score (nSPS) is 15.3. The van der Waals surface area contributed by atoms with E-state index in [1.165, 1.54) is 18.2 Å². The Labute approximate surface area is 202 Å². The van der Waals surface area contributed by atoms with Crippen LogP contribution in [0, 0.1) is 0 Å². The van der Waals surface area contributed by atoms with E-state index in [4.69, 9.17) is 23.2 Å². The molecular formula is C24H15BrCl2N2O3. The number of nitrogens with one attached hydrogen (secondary N) is 1. The van der Waals surface area contributed by atoms with Gasteiger partial charge in [-0.1, -0.05) is 69.5 Å². The number of carbonyl (C=O) groups is 3. The number of barbiturate groups is 1. The summed E-state index contributed by atoms with van der Waals surface area (Å²) in [7, 11) is 0. The van der Waals surface area contributed by atoms with E-state index < -0.39 is 17.8 Å². The van der Waals surface area contributed by atoms with Crippen molar-refractivity contribution in [3.8, 4) is 0 Å². The van der Waals surface area contributed by atoms with Crippen molar-refractivity contribution in [2.45, 2.75) is 6.42 Å². The topological polar surface area (TPSA) is 66.5 Å². The van der Waals surface area contributed by atoms with Crippen molar-refractivity contribution in [1.82, 2.24) is 5.32 Å². The maximum absolute atomic E-state index is 13.0. The average molecular weight is 530 g/mol. The van der Waals surface area contributed by atoms with Gasteiger partial charge in [0.1, 0.15) is 5.57 Å². The molecule has 0 aliphatic carbocycles. The van der Waals surface area contributed by atoms with Crippen LogP contribution in [0.4, 0.5) is 10.5 Å². The van der Waals surface area contributed by atoms with Gasteiger partial charge in [-0.2, -0.15) is 0 Å². The number of carbonyl (C=O) groups excluding carboxylic acids is 3. The summed E-state index contributed by atoms with van der Waals surface area (Å²) >= 11 is 15.9. The monoisotopic (exact) mass is 528 g/mol. The molecule has 1 aliphatic rings. The van der Waals surface area contributed by atoms with E-state index in [1.54, 1.807) is 24.3 Å². The predicted octanol–water partition coefficient (Wildman–Crippen LogP) is 6.01. The van der Waals surface area contributed by atoms with E-state index in [0.717, 1.165) is 20.5 Å². The van der Waals surface area contributed by atoms with Gasteiger partial charge in [0.2, 0.25) is 0 Å². The molecular weight excluding hydrogens is 515 g/mol. The van der Waals surface area contributed by atoms with Gasteiger partial charge in [0.15, 0.2) is 0 Å². The minimum Gasteiger partial charge on any atom is -0.273 e. The molecule has 0 aromatic heterocycles. The van der Waals surface area contributed by atoms with Crippen LogP contribution in [0.2, 0.25) is 10.0 Å². The highest BCUT2D eigenvalue weighted by molar-refractivity contribution is 9.10. The molecule has 1 N–H and O–H groups in total. The molecule has 3 aromatic carbocycles. The number of amides is 4. The third-order valence-corrected chi connectivity index (χ3v) is 6.29. The number of hydrogen-bond acceptors (Lipinski definition) is 3. The van der Waals surface area contributed by atoms with Crippen LogP contribution in [0.5, 0.6) is 0 Å². The Kier molecular flexibility index (Phi) is 6.46. The molecule has 1 fully saturated rings. The largest absolute Gasteiger partial charge is 0.335 e. The lowest BCUT2D eigenvalue weighted by Crippen LogP contribution is -2.54. The van der Waals surface area contributed by atoms with Crippen molar-refractivity contribution < 1.29 is 14.4 Å². The molecule has 1 aliphatic heterocycles. The Morgan fingerprint density at radius 2 is 1.62 bits per heavy atom. The molecule has 4 amide bonds.